The molecule has 1 aliphatic heterocycles. The van der Waals surface area contributed by atoms with Crippen LogP contribution in [0.15, 0.2) is 54.8 Å². The maximum absolute atomic E-state index is 9.55. The van der Waals surface area contributed by atoms with Crippen molar-refractivity contribution in [3.8, 4) is 0 Å². The molecule has 2 heterocycles. The fourth-order valence-electron chi connectivity index (χ4n) is 1.43. The molecular formula is C13H15N5O4. The number of allylic oxidation sites excluding steroid dienone is 2. The highest BCUT2D eigenvalue weighted by Crippen LogP contribution is 2.16. The first kappa shape index (κ1) is 16.9. The van der Waals surface area contributed by atoms with Crippen LogP contribution >= 0.6 is 0 Å². The van der Waals surface area contributed by atoms with Crippen LogP contribution in [-0.2, 0) is 15.3 Å². The number of aromatic nitrogens is 2. The van der Waals surface area contributed by atoms with Crippen molar-refractivity contribution in [2.24, 2.45) is 11.5 Å². The smallest absolute Gasteiger partial charge is 0.328 e. The van der Waals surface area contributed by atoms with Gasteiger partial charge in [-0.05, 0) is 12.2 Å². The summed E-state index contributed by atoms with van der Waals surface area (Å²) in [7, 11) is 0. The van der Waals surface area contributed by atoms with E-state index in [2.05, 4.69) is 15.3 Å². The van der Waals surface area contributed by atoms with Crippen molar-refractivity contribution in [2.75, 3.05) is 0 Å². The lowest BCUT2D eigenvalue weighted by Crippen LogP contribution is -2.51. The third-order valence-electron chi connectivity index (χ3n) is 2.34. The van der Waals surface area contributed by atoms with Gasteiger partial charge in [0.15, 0.2) is 5.66 Å². The SMILES string of the molecule is NC1=CC=CC(N)(c2cnccn2)N1.O=C(O)/C=C\C(=O)O. The van der Waals surface area contributed by atoms with E-state index in [4.69, 9.17) is 21.7 Å². The molecule has 0 fully saturated rings. The van der Waals surface area contributed by atoms with E-state index in [0.717, 1.165) is 0 Å². The number of nitrogens with zero attached hydrogens (tertiary/aromatic N) is 2. The Labute approximate surface area is 125 Å². The number of nitrogens with one attached hydrogen (secondary N) is 1. The van der Waals surface area contributed by atoms with Gasteiger partial charge in [-0.2, -0.15) is 0 Å². The molecule has 9 heteroatoms. The molecule has 0 aromatic carbocycles. The van der Waals surface area contributed by atoms with Crippen molar-refractivity contribution in [2.45, 2.75) is 5.66 Å². The summed E-state index contributed by atoms with van der Waals surface area (Å²) in [5.41, 5.74) is 11.4. The molecule has 9 nitrogen and oxygen atoms in total. The van der Waals surface area contributed by atoms with Crippen molar-refractivity contribution < 1.29 is 19.8 Å². The molecule has 0 bridgehead atoms. The summed E-state index contributed by atoms with van der Waals surface area (Å²) in [5.74, 6) is -2.00. The van der Waals surface area contributed by atoms with Gasteiger partial charge in [-0.1, -0.05) is 6.08 Å². The number of hydrogen-bond donors (Lipinski definition) is 5. The zero-order valence-electron chi connectivity index (χ0n) is 11.4. The number of carboxylic acids is 2. The van der Waals surface area contributed by atoms with Crippen LogP contribution in [0.1, 0.15) is 5.69 Å². The van der Waals surface area contributed by atoms with Crippen LogP contribution in [0.5, 0.6) is 0 Å². The molecule has 1 aromatic rings. The fraction of sp³-hybridized carbons (Fsp3) is 0.0769. The van der Waals surface area contributed by atoms with Crippen molar-refractivity contribution in [3.05, 3.63) is 60.5 Å². The zero-order chi connectivity index (χ0) is 16.6. The molecule has 1 aromatic heterocycles. The fourth-order valence-corrected chi connectivity index (χ4v) is 1.43. The first-order chi connectivity index (χ1) is 10.3. The molecule has 0 saturated carbocycles. The van der Waals surface area contributed by atoms with Crippen molar-refractivity contribution >= 4 is 11.9 Å². The summed E-state index contributed by atoms with van der Waals surface area (Å²) >= 11 is 0. The molecule has 0 radical (unpaired) electrons. The Kier molecular flexibility index (Phi) is 5.78. The minimum Gasteiger partial charge on any atom is -0.478 e. The Morgan fingerprint density at radius 1 is 1.23 bits per heavy atom. The highest BCUT2D eigenvalue weighted by atomic mass is 16.4. The summed E-state index contributed by atoms with van der Waals surface area (Å²) in [5, 5.41) is 18.6. The third-order valence-corrected chi connectivity index (χ3v) is 2.34. The molecule has 1 aliphatic rings. The second-order valence-corrected chi connectivity index (χ2v) is 4.08. The lowest BCUT2D eigenvalue weighted by molar-refractivity contribution is -0.134. The summed E-state index contributed by atoms with van der Waals surface area (Å²) in [4.78, 5) is 27.2. The standard InChI is InChI=1S/C9H11N5.C4H4O4/c10-8-2-1-3-9(11,14-8)7-6-12-4-5-13-7;5-3(6)1-2-4(7)8/h1-6,14H,10-11H2;1-2H,(H,5,6)(H,7,8)/b;2-1-. The van der Waals surface area contributed by atoms with Crippen molar-refractivity contribution in [1.82, 2.24) is 15.3 Å². The van der Waals surface area contributed by atoms with Gasteiger partial charge in [0.1, 0.15) is 5.69 Å². The molecule has 1 unspecified atom stereocenters. The van der Waals surface area contributed by atoms with Crippen LogP contribution in [0.4, 0.5) is 0 Å². The second-order valence-electron chi connectivity index (χ2n) is 4.08. The Balaban J connectivity index is 0.000000261. The number of carboxylic acid groups (broad SMARTS) is 2. The highest BCUT2D eigenvalue weighted by molar-refractivity contribution is 5.89. The van der Waals surface area contributed by atoms with Gasteiger partial charge in [-0.25, -0.2) is 9.59 Å². The van der Waals surface area contributed by atoms with E-state index < -0.39 is 17.6 Å². The molecule has 1 atom stereocenters. The average molecular weight is 305 g/mol. The summed E-state index contributed by atoms with van der Waals surface area (Å²) < 4.78 is 0. The van der Waals surface area contributed by atoms with E-state index in [1.165, 1.54) is 0 Å². The summed E-state index contributed by atoms with van der Waals surface area (Å²) in [6.07, 6.45) is 11.2. The average Bonchev–Trinajstić information content (AvgIpc) is 2.46. The number of dihydropyridines is 1. The monoisotopic (exact) mass is 305 g/mol. The van der Waals surface area contributed by atoms with E-state index in [9.17, 15) is 9.59 Å². The zero-order valence-corrected chi connectivity index (χ0v) is 11.4. The highest BCUT2D eigenvalue weighted by Gasteiger charge is 2.27. The maximum Gasteiger partial charge on any atom is 0.328 e. The molecule has 22 heavy (non-hydrogen) atoms. The minimum absolute atomic E-state index is 0.514. The third kappa shape index (κ3) is 5.43. The van der Waals surface area contributed by atoms with Gasteiger partial charge in [-0.3, -0.25) is 9.97 Å². The molecule has 0 spiro atoms. The van der Waals surface area contributed by atoms with Gasteiger partial charge in [0, 0.05) is 24.5 Å². The molecule has 7 N–H and O–H groups in total. The van der Waals surface area contributed by atoms with Crippen LogP contribution < -0.4 is 16.8 Å². The van der Waals surface area contributed by atoms with Crippen LogP contribution in [0.25, 0.3) is 0 Å². The minimum atomic E-state index is -1.26. The van der Waals surface area contributed by atoms with Gasteiger partial charge in [0.05, 0.1) is 12.0 Å². The quantitative estimate of drug-likeness (QED) is 0.452. The van der Waals surface area contributed by atoms with Crippen molar-refractivity contribution in [1.29, 1.82) is 0 Å². The Bertz CT molecular complexity index is 611. The van der Waals surface area contributed by atoms with E-state index in [0.29, 0.717) is 23.7 Å². The topological polar surface area (TPSA) is 164 Å². The number of carbonyl (C=O) groups is 2. The summed E-state index contributed by atoms with van der Waals surface area (Å²) in [6, 6.07) is 0. The number of nitrogens with two attached hydrogens (primary N) is 2. The molecule has 116 valence electrons. The van der Waals surface area contributed by atoms with Gasteiger partial charge in [0.25, 0.3) is 0 Å². The molecule has 0 saturated heterocycles. The Hall–Kier alpha value is -3.20. The first-order valence-electron chi connectivity index (χ1n) is 5.96. The number of hydrogen-bond acceptors (Lipinski definition) is 7. The van der Waals surface area contributed by atoms with E-state index in [-0.39, 0.29) is 0 Å². The van der Waals surface area contributed by atoms with Gasteiger partial charge < -0.3 is 27.0 Å². The maximum atomic E-state index is 9.55. The van der Waals surface area contributed by atoms with Crippen molar-refractivity contribution in [3.63, 3.8) is 0 Å². The van der Waals surface area contributed by atoms with Crippen LogP contribution in [0, 0.1) is 0 Å². The van der Waals surface area contributed by atoms with E-state index >= 15 is 0 Å². The predicted octanol–water partition coefficient (Wildman–Crippen LogP) is -0.741. The molecular weight excluding hydrogens is 290 g/mol. The van der Waals surface area contributed by atoms with Crippen LogP contribution in [-0.4, -0.2) is 32.1 Å². The van der Waals surface area contributed by atoms with Crippen LogP contribution in [0.3, 0.4) is 0 Å². The van der Waals surface area contributed by atoms with E-state index in [1.807, 2.05) is 0 Å². The van der Waals surface area contributed by atoms with E-state index in [1.54, 1.807) is 36.8 Å². The van der Waals surface area contributed by atoms with Gasteiger partial charge in [0.2, 0.25) is 0 Å². The summed E-state index contributed by atoms with van der Waals surface area (Å²) in [6.45, 7) is 0. The largest absolute Gasteiger partial charge is 0.478 e. The number of rotatable bonds is 3. The molecule has 0 amide bonds. The van der Waals surface area contributed by atoms with Gasteiger partial charge >= 0.3 is 11.9 Å². The first-order valence-corrected chi connectivity index (χ1v) is 5.96. The molecule has 0 aliphatic carbocycles. The lowest BCUT2D eigenvalue weighted by Gasteiger charge is -2.29. The Morgan fingerprint density at radius 3 is 2.32 bits per heavy atom. The predicted molar refractivity (Wildman–Crippen MR) is 76.9 cm³/mol. The lowest BCUT2D eigenvalue weighted by atomic mass is 10.1. The second kappa shape index (κ2) is 7.55. The Morgan fingerprint density at radius 2 is 1.86 bits per heavy atom. The van der Waals surface area contributed by atoms with Gasteiger partial charge in [-0.15, -0.1) is 0 Å². The van der Waals surface area contributed by atoms with Crippen LogP contribution in [0.2, 0.25) is 0 Å². The number of aliphatic carboxylic acids is 2. The normalized spacial score (nSPS) is 19.6. The molecule has 2 rings (SSSR count).